The second kappa shape index (κ2) is 10.1. The Kier molecular flexibility index (Phi) is 6.58. The quantitative estimate of drug-likeness (QED) is 0.248. The highest BCUT2D eigenvalue weighted by molar-refractivity contribution is 7.92. The summed E-state index contributed by atoms with van der Waals surface area (Å²) in [5.74, 6) is -0.367. The van der Waals surface area contributed by atoms with Gasteiger partial charge < -0.3 is 9.73 Å². The lowest BCUT2D eigenvalue weighted by molar-refractivity contribution is 0.0964. The van der Waals surface area contributed by atoms with Gasteiger partial charge in [0.2, 0.25) is 10.0 Å². The van der Waals surface area contributed by atoms with Crippen molar-refractivity contribution < 1.29 is 22.0 Å². The van der Waals surface area contributed by atoms with Crippen LogP contribution in [0.3, 0.4) is 0 Å². The number of halogens is 1. The van der Waals surface area contributed by atoms with Crippen LogP contribution in [0.1, 0.15) is 15.9 Å². The minimum absolute atomic E-state index is 0.334. The zero-order valence-corrected chi connectivity index (χ0v) is 24.2. The molecule has 0 spiro atoms. The number of sulfonamides is 1. The maximum absolute atomic E-state index is 14.7. The third-order valence-corrected chi connectivity index (χ3v) is 8.57. The summed E-state index contributed by atoms with van der Waals surface area (Å²) in [6.07, 6.45) is 2.67. The lowest BCUT2D eigenvalue weighted by Crippen LogP contribution is -2.25. The fourth-order valence-electron chi connectivity index (χ4n) is 5.08. The summed E-state index contributed by atoms with van der Waals surface area (Å²) >= 11 is 0. The molecule has 4 aromatic carbocycles. The molecule has 42 heavy (non-hydrogen) atoms. The molecule has 2 aromatic heterocycles. The molecule has 0 aliphatic rings. The van der Waals surface area contributed by atoms with Crippen LogP contribution in [0.5, 0.6) is 0 Å². The van der Waals surface area contributed by atoms with E-state index in [1.165, 1.54) is 17.4 Å². The topological polar surface area (TPSA) is 97.4 Å². The first kappa shape index (κ1) is 27.2. The van der Waals surface area contributed by atoms with Gasteiger partial charge in [-0.1, -0.05) is 48.0 Å². The number of aryl methyl sites for hydroxylation is 1. The van der Waals surface area contributed by atoms with Gasteiger partial charge in [0.05, 0.1) is 34.2 Å². The number of anilines is 1. The summed E-state index contributed by atoms with van der Waals surface area (Å²) in [4.78, 5) is 17.7. The summed E-state index contributed by atoms with van der Waals surface area (Å²) in [5, 5.41) is 3.22. The average molecular weight is 583 g/mol. The Labute approximate surface area is 242 Å². The third kappa shape index (κ3) is 4.59. The predicted molar refractivity (Wildman–Crippen MR) is 163 cm³/mol. The highest BCUT2D eigenvalue weighted by Crippen LogP contribution is 2.42. The summed E-state index contributed by atoms with van der Waals surface area (Å²) in [6.45, 7) is 1.97. The number of benzene rings is 4. The van der Waals surface area contributed by atoms with Crippen LogP contribution >= 0.6 is 0 Å². The van der Waals surface area contributed by atoms with Crippen LogP contribution in [0.15, 0.2) is 89.6 Å². The predicted octanol–water partition coefficient (Wildman–Crippen LogP) is 6.31. The van der Waals surface area contributed by atoms with E-state index in [-0.39, 0.29) is 5.91 Å². The Hall–Kier alpha value is -4.96. The summed E-state index contributed by atoms with van der Waals surface area (Å²) < 4.78 is 49.3. The molecule has 8 nitrogen and oxygen atoms in total. The molecule has 0 aliphatic heterocycles. The van der Waals surface area contributed by atoms with Crippen molar-refractivity contribution >= 4 is 43.6 Å². The minimum atomic E-state index is -3.68. The third-order valence-electron chi connectivity index (χ3n) is 7.38. The number of hydrogen-bond acceptors (Lipinski definition) is 5. The molecule has 0 bridgehead atoms. The molecule has 0 saturated carbocycles. The van der Waals surface area contributed by atoms with Gasteiger partial charge in [-0.25, -0.2) is 17.8 Å². The van der Waals surface area contributed by atoms with E-state index in [1.807, 2.05) is 43.3 Å². The van der Waals surface area contributed by atoms with E-state index in [0.717, 1.165) is 11.8 Å². The van der Waals surface area contributed by atoms with Crippen molar-refractivity contribution in [2.24, 2.45) is 0 Å². The van der Waals surface area contributed by atoms with Crippen molar-refractivity contribution in [3.63, 3.8) is 0 Å². The Bertz CT molecular complexity index is 2110. The van der Waals surface area contributed by atoms with E-state index >= 15 is 0 Å². The molecule has 212 valence electrons. The average Bonchev–Trinajstić information content (AvgIpc) is 3.57. The standard InChI is InChI=1S/C32H27FN4O4S/c1-19-9-11-20(12-10-19)31-30(32(38)34-2)23-16-22(27(17-29(23)41-31)36(3)42(4,39)40)21-13-14-25-28(15-21)37(18-35-25)26-8-6-5-7-24(26)33/h5-18H,1-4H3,(H,34,38). The van der Waals surface area contributed by atoms with Crippen LogP contribution < -0.4 is 9.62 Å². The Morgan fingerprint density at radius 3 is 2.40 bits per heavy atom. The van der Waals surface area contributed by atoms with E-state index in [0.29, 0.717) is 61.4 Å². The molecule has 6 rings (SSSR count). The van der Waals surface area contributed by atoms with Crippen molar-refractivity contribution in [3.05, 3.63) is 102 Å². The maximum Gasteiger partial charge on any atom is 0.255 e. The van der Waals surface area contributed by atoms with Gasteiger partial charge in [-0.2, -0.15) is 0 Å². The molecule has 0 saturated heterocycles. The molecule has 2 heterocycles. The number of nitrogens with one attached hydrogen (secondary N) is 1. The molecular weight excluding hydrogens is 555 g/mol. The molecule has 0 fully saturated rings. The van der Waals surface area contributed by atoms with Crippen LogP contribution in [0.2, 0.25) is 0 Å². The van der Waals surface area contributed by atoms with Gasteiger partial charge in [0.1, 0.15) is 23.5 Å². The molecule has 1 N–H and O–H groups in total. The molecular formula is C32H27FN4O4S. The van der Waals surface area contributed by atoms with Gasteiger partial charge in [0, 0.05) is 36.7 Å². The van der Waals surface area contributed by atoms with Crippen molar-refractivity contribution in [3.8, 4) is 28.1 Å². The molecule has 0 radical (unpaired) electrons. The summed E-state index contributed by atoms with van der Waals surface area (Å²) in [6, 6.07) is 22.9. The minimum Gasteiger partial charge on any atom is -0.455 e. The van der Waals surface area contributed by atoms with Gasteiger partial charge in [0.15, 0.2) is 0 Å². The Balaban J connectivity index is 1.65. The van der Waals surface area contributed by atoms with Crippen LogP contribution in [0.25, 0.3) is 50.1 Å². The fourth-order valence-corrected chi connectivity index (χ4v) is 5.58. The van der Waals surface area contributed by atoms with Crippen LogP contribution in [0.4, 0.5) is 10.1 Å². The summed E-state index contributed by atoms with van der Waals surface area (Å²) in [5.41, 5.74) is 5.61. The van der Waals surface area contributed by atoms with Gasteiger partial charge in [0.25, 0.3) is 5.91 Å². The van der Waals surface area contributed by atoms with Crippen LogP contribution in [-0.2, 0) is 10.0 Å². The molecule has 0 atom stereocenters. The molecule has 6 aromatic rings. The highest BCUT2D eigenvalue weighted by Gasteiger charge is 2.26. The highest BCUT2D eigenvalue weighted by atomic mass is 32.2. The first-order valence-corrected chi connectivity index (χ1v) is 15.0. The van der Waals surface area contributed by atoms with E-state index in [1.54, 1.807) is 54.3 Å². The number of fused-ring (bicyclic) bond motifs is 2. The second-order valence-corrected chi connectivity index (χ2v) is 12.1. The molecule has 10 heteroatoms. The van der Waals surface area contributed by atoms with Crippen molar-refractivity contribution in [2.45, 2.75) is 6.92 Å². The molecule has 0 aliphatic carbocycles. The molecule has 1 amide bonds. The maximum atomic E-state index is 14.7. The van der Waals surface area contributed by atoms with E-state index in [4.69, 9.17) is 4.42 Å². The number of carbonyl (C=O) groups is 1. The molecule has 0 unspecified atom stereocenters. The lowest BCUT2D eigenvalue weighted by Gasteiger charge is -2.21. The number of aromatic nitrogens is 2. The first-order chi connectivity index (χ1) is 20.1. The SMILES string of the molecule is CNC(=O)c1c(-c2ccc(C)cc2)oc2cc(N(C)S(C)(=O)=O)c(-c3ccc4ncn(-c5ccccc5F)c4c3)cc12. The number of nitrogens with zero attached hydrogens (tertiary/aromatic N) is 3. The normalized spacial score (nSPS) is 11.7. The van der Waals surface area contributed by atoms with Gasteiger partial charge in [-0.15, -0.1) is 0 Å². The summed E-state index contributed by atoms with van der Waals surface area (Å²) in [7, 11) is -0.669. The largest absolute Gasteiger partial charge is 0.455 e. The zero-order valence-electron chi connectivity index (χ0n) is 23.3. The smallest absolute Gasteiger partial charge is 0.255 e. The number of imidazole rings is 1. The van der Waals surface area contributed by atoms with E-state index in [2.05, 4.69) is 10.3 Å². The number of hydrogen-bond donors (Lipinski definition) is 1. The zero-order chi connectivity index (χ0) is 29.8. The second-order valence-electron chi connectivity index (χ2n) is 10.1. The lowest BCUT2D eigenvalue weighted by atomic mass is 9.98. The monoisotopic (exact) mass is 582 g/mol. The fraction of sp³-hybridized carbons (Fsp3) is 0.125. The van der Waals surface area contributed by atoms with E-state index in [9.17, 15) is 17.6 Å². The van der Waals surface area contributed by atoms with Gasteiger partial charge >= 0.3 is 0 Å². The van der Waals surface area contributed by atoms with Crippen LogP contribution in [0, 0.1) is 12.7 Å². The van der Waals surface area contributed by atoms with Crippen molar-refractivity contribution in [1.82, 2.24) is 14.9 Å². The van der Waals surface area contributed by atoms with Crippen molar-refractivity contribution in [2.75, 3.05) is 24.7 Å². The number of furan rings is 1. The van der Waals surface area contributed by atoms with Crippen molar-refractivity contribution in [1.29, 1.82) is 0 Å². The van der Waals surface area contributed by atoms with Crippen LogP contribution in [-0.4, -0.2) is 44.2 Å². The number of rotatable bonds is 6. The number of carbonyl (C=O) groups excluding carboxylic acids is 1. The Morgan fingerprint density at radius 2 is 1.71 bits per heavy atom. The first-order valence-electron chi connectivity index (χ1n) is 13.1. The van der Waals surface area contributed by atoms with Gasteiger partial charge in [-0.05, 0) is 42.8 Å². The van der Waals surface area contributed by atoms with Gasteiger partial charge in [-0.3, -0.25) is 13.7 Å². The number of para-hydroxylation sites is 1. The number of amides is 1. The Morgan fingerprint density at radius 1 is 1.00 bits per heavy atom. The van der Waals surface area contributed by atoms with E-state index < -0.39 is 15.8 Å².